The van der Waals surface area contributed by atoms with E-state index in [1.807, 2.05) is 6.92 Å². The fourth-order valence-electron chi connectivity index (χ4n) is 1.20. The lowest BCUT2D eigenvalue weighted by Crippen LogP contribution is -2.17. The van der Waals surface area contributed by atoms with Gasteiger partial charge in [0, 0.05) is 12.1 Å². The Labute approximate surface area is 99.0 Å². The maximum atomic E-state index is 10.5. The molecule has 6 heteroatoms. The Morgan fingerprint density at radius 1 is 1.60 bits per heavy atom. The van der Waals surface area contributed by atoms with Crippen molar-refractivity contribution in [2.24, 2.45) is 5.73 Å². The number of benzene rings is 1. The maximum absolute atomic E-state index is 10.5. The van der Waals surface area contributed by atoms with Gasteiger partial charge >= 0.3 is 0 Å². The molecular formula is C9H12Cl2N2O2. The van der Waals surface area contributed by atoms with Crippen LogP contribution in [0.15, 0.2) is 18.2 Å². The van der Waals surface area contributed by atoms with Crippen LogP contribution in [0.4, 0.5) is 5.69 Å². The Morgan fingerprint density at radius 2 is 2.20 bits per heavy atom. The van der Waals surface area contributed by atoms with Crippen molar-refractivity contribution in [2.75, 3.05) is 0 Å². The van der Waals surface area contributed by atoms with Crippen LogP contribution in [0.2, 0.25) is 5.02 Å². The van der Waals surface area contributed by atoms with Crippen LogP contribution in [0.5, 0.6) is 0 Å². The molecule has 0 fully saturated rings. The summed E-state index contributed by atoms with van der Waals surface area (Å²) in [5.41, 5.74) is 6.35. The van der Waals surface area contributed by atoms with E-state index in [4.69, 9.17) is 17.3 Å². The number of nitrogens with two attached hydrogens (primary N) is 1. The summed E-state index contributed by atoms with van der Waals surface area (Å²) in [6, 6.07) is 4.72. The lowest BCUT2D eigenvalue weighted by molar-refractivity contribution is -0.384. The third-order valence-corrected chi connectivity index (χ3v) is 2.08. The van der Waals surface area contributed by atoms with Crippen LogP contribution in [0, 0.1) is 10.1 Å². The fourth-order valence-corrected chi connectivity index (χ4v) is 1.38. The van der Waals surface area contributed by atoms with Crippen LogP contribution >= 0.6 is 24.0 Å². The minimum absolute atomic E-state index is 0. The van der Waals surface area contributed by atoms with Crippen molar-refractivity contribution >= 4 is 29.7 Å². The van der Waals surface area contributed by atoms with Crippen LogP contribution in [0.25, 0.3) is 0 Å². The van der Waals surface area contributed by atoms with E-state index < -0.39 is 4.92 Å². The van der Waals surface area contributed by atoms with Gasteiger partial charge in [0.05, 0.1) is 4.92 Å². The first kappa shape index (κ1) is 14.2. The molecule has 0 saturated carbocycles. The van der Waals surface area contributed by atoms with E-state index in [2.05, 4.69) is 0 Å². The van der Waals surface area contributed by atoms with Gasteiger partial charge in [-0.05, 0) is 25.0 Å². The van der Waals surface area contributed by atoms with E-state index in [9.17, 15) is 10.1 Å². The number of hydrogen-bond donors (Lipinski definition) is 1. The van der Waals surface area contributed by atoms with Crippen LogP contribution in [0.1, 0.15) is 12.5 Å². The van der Waals surface area contributed by atoms with E-state index in [0.29, 0.717) is 6.42 Å². The van der Waals surface area contributed by atoms with Crippen LogP contribution in [-0.4, -0.2) is 11.0 Å². The minimum Gasteiger partial charge on any atom is -0.328 e. The summed E-state index contributed by atoms with van der Waals surface area (Å²) >= 11 is 5.65. The van der Waals surface area contributed by atoms with Crippen molar-refractivity contribution in [3.8, 4) is 0 Å². The van der Waals surface area contributed by atoms with Gasteiger partial charge < -0.3 is 5.73 Å². The normalized spacial score (nSPS) is 11.7. The highest BCUT2D eigenvalue weighted by atomic mass is 35.5. The third kappa shape index (κ3) is 4.03. The zero-order valence-corrected chi connectivity index (χ0v) is 9.72. The first-order valence-electron chi connectivity index (χ1n) is 4.19. The first-order chi connectivity index (χ1) is 6.50. The molecule has 1 unspecified atom stereocenters. The molecule has 0 bridgehead atoms. The molecule has 1 aromatic rings. The van der Waals surface area contributed by atoms with Crippen LogP contribution < -0.4 is 5.73 Å². The van der Waals surface area contributed by atoms with Gasteiger partial charge in [-0.2, -0.15) is 0 Å². The molecule has 0 aliphatic carbocycles. The van der Waals surface area contributed by atoms with E-state index in [0.717, 1.165) is 5.56 Å². The molecule has 1 rings (SSSR count). The second-order valence-electron chi connectivity index (χ2n) is 3.22. The molecule has 0 saturated heterocycles. The molecule has 1 atom stereocenters. The van der Waals surface area contributed by atoms with Gasteiger partial charge in [-0.15, -0.1) is 12.4 Å². The van der Waals surface area contributed by atoms with Crippen LogP contribution in [-0.2, 0) is 6.42 Å². The van der Waals surface area contributed by atoms with Crippen molar-refractivity contribution in [1.29, 1.82) is 0 Å². The zero-order valence-electron chi connectivity index (χ0n) is 8.14. The molecule has 1 aromatic carbocycles. The summed E-state index contributed by atoms with van der Waals surface area (Å²) < 4.78 is 0. The lowest BCUT2D eigenvalue weighted by atomic mass is 10.1. The quantitative estimate of drug-likeness (QED) is 0.662. The van der Waals surface area contributed by atoms with Gasteiger partial charge in [0.1, 0.15) is 5.02 Å². The number of nitro groups is 1. The van der Waals surface area contributed by atoms with Crippen molar-refractivity contribution in [1.82, 2.24) is 0 Å². The highest BCUT2D eigenvalue weighted by molar-refractivity contribution is 6.32. The Kier molecular flexibility index (Phi) is 5.57. The second kappa shape index (κ2) is 5.90. The predicted molar refractivity (Wildman–Crippen MR) is 62.7 cm³/mol. The van der Waals surface area contributed by atoms with Crippen molar-refractivity contribution < 1.29 is 4.92 Å². The average molecular weight is 251 g/mol. The Morgan fingerprint density at radius 3 is 2.67 bits per heavy atom. The molecule has 0 heterocycles. The van der Waals surface area contributed by atoms with Gasteiger partial charge in [0.2, 0.25) is 0 Å². The summed E-state index contributed by atoms with van der Waals surface area (Å²) in [6.07, 6.45) is 0.609. The SMILES string of the molecule is CC(N)Cc1ccc(Cl)c([N+](=O)[O-])c1.Cl. The summed E-state index contributed by atoms with van der Waals surface area (Å²) in [4.78, 5) is 10.1. The minimum atomic E-state index is -0.493. The Hall–Kier alpha value is -0.840. The second-order valence-corrected chi connectivity index (χ2v) is 3.63. The highest BCUT2D eigenvalue weighted by Crippen LogP contribution is 2.25. The molecule has 84 valence electrons. The molecule has 0 aromatic heterocycles. The predicted octanol–water partition coefficient (Wildman–Crippen LogP) is 2.56. The van der Waals surface area contributed by atoms with E-state index >= 15 is 0 Å². The number of halogens is 2. The largest absolute Gasteiger partial charge is 0.328 e. The number of hydrogen-bond acceptors (Lipinski definition) is 3. The number of nitrogens with zero attached hydrogens (tertiary/aromatic N) is 1. The molecule has 15 heavy (non-hydrogen) atoms. The third-order valence-electron chi connectivity index (χ3n) is 1.76. The molecular weight excluding hydrogens is 239 g/mol. The smallest absolute Gasteiger partial charge is 0.288 e. The fraction of sp³-hybridized carbons (Fsp3) is 0.333. The lowest BCUT2D eigenvalue weighted by Gasteiger charge is -2.05. The number of nitro benzene ring substituents is 1. The average Bonchev–Trinajstić information content (AvgIpc) is 2.07. The maximum Gasteiger partial charge on any atom is 0.288 e. The van der Waals surface area contributed by atoms with Gasteiger partial charge in [0.15, 0.2) is 0 Å². The summed E-state index contributed by atoms with van der Waals surface area (Å²) in [6.45, 7) is 1.85. The molecule has 0 radical (unpaired) electrons. The van der Waals surface area contributed by atoms with Crippen LogP contribution in [0.3, 0.4) is 0 Å². The Balaban J connectivity index is 0.00000196. The summed E-state index contributed by atoms with van der Waals surface area (Å²) in [7, 11) is 0. The topological polar surface area (TPSA) is 69.2 Å². The van der Waals surface area contributed by atoms with Gasteiger partial charge in [-0.25, -0.2) is 0 Å². The summed E-state index contributed by atoms with van der Waals surface area (Å²) in [5.74, 6) is 0. The van der Waals surface area contributed by atoms with Crippen molar-refractivity contribution in [3.63, 3.8) is 0 Å². The standard InChI is InChI=1S/C9H11ClN2O2.ClH/c1-6(11)4-7-2-3-8(10)9(5-7)12(13)14;/h2-3,5-6H,4,11H2,1H3;1H. The molecule has 0 aliphatic heterocycles. The molecule has 0 spiro atoms. The van der Waals surface area contributed by atoms with Gasteiger partial charge in [0.25, 0.3) is 5.69 Å². The van der Waals surface area contributed by atoms with E-state index in [-0.39, 0.29) is 29.2 Å². The summed E-state index contributed by atoms with van der Waals surface area (Å²) in [5, 5.41) is 10.7. The first-order valence-corrected chi connectivity index (χ1v) is 4.57. The Bertz CT molecular complexity index is 356. The monoisotopic (exact) mass is 250 g/mol. The van der Waals surface area contributed by atoms with Gasteiger partial charge in [-0.3, -0.25) is 10.1 Å². The van der Waals surface area contributed by atoms with Crippen molar-refractivity contribution in [3.05, 3.63) is 38.9 Å². The van der Waals surface area contributed by atoms with E-state index in [1.165, 1.54) is 12.1 Å². The van der Waals surface area contributed by atoms with Crippen molar-refractivity contribution in [2.45, 2.75) is 19.4 Å². The molecule has 4 nitrogen and oxygen atoms in total. The zero-order chi connectivity index (χ0) is 10.7. The number of rotatable bonds is 3. The highest BCUT2D eigenvalue weighted by Gasteiger charge is 2.12. The van der Waals surface area contributed by atoms with Gasteiger partial charge in [-0.1, -0.05) is 17.7 Å². The molecule has 0 amide bonds. The van der Waals surface area contributed by atoms with E-state index in [1.54, 1.807) is 6.07 Å². The molecule has 2 N–H and O–H groups in total. The molecule has 0 aliphatic rings.